The molecule has 3 rings (SSSR count). The molecule has 1 saturated heterocycles. The predicted molar refractivity (Wildman–Crippen MR) is 71.0 cm³/mol. The third-order valence-electron chi connectivity index (χ3n) is 3.41. The molecule has 96 valence electrons. The highest BCUT2D eigenvalue weighted by Crippen LogP contribution is 2.29. The molecule has 1 aromatic carbocycles. The standard InChI is InChI=1S/C14H18N2O2/c1-17-10-3-4-11-12(8-16-13(11)7-10)14-9-15-5-2-6-18-14/h3-4,7-8,14-16H,2,5-6,9H2,1H3. The summed E-state index contributed by atoms with van der Waals surface area (Å²) in [7, 11) is 1.68. The van der Waals surface area contributed by atoms with E-state index >= 15 is 0 Å². The average Bonchev–Trinajstić information content (AvgIpc) is 2.64. The van der Waals surface area contributed by atoms with E-state index in [1.54, 1.807) is 7.11 Å². The summed E-state index contributed by atoms with van der Waals surface area (Å²) in [5.74, 6) is 0.871. The summed E-state index contributed by atoms with van der Waals surface area (Å²) in [5.41, 5.74) is 2.32. The fourth-order valence-electron chi connectivity index (χ4n) is 2.44. The van der Waals surface area contributed by atoms with E-state index in [0.29, 0.717) is 0 Å². The Bertz CT molecular complexity index is 528. The lowest BCUT2D eigenvalue weighted by Gasteiger charge is -2.14. The minimum atomic E-state index is 0.134. The molecule has 1 fully saturated rings. The molecule has 0 radical (unpaired) electrons. The maximum atomic E-state index is 5.90. The summed E-state index contributed by atoms with van der Waals surface area (Å²) in [4.78, 5) is 3.29. The largest absolute Gasteiger partial charge is 0.497 e. The third kappa shape index (κ3) is 2.09. The second-order valence-corrected chi connectivity index (χ2v) is 4.57. The van der Waals surface area contributed by atoms with E-state index in [1.165, 1.54) is 10.9 Å². The van der Waals surface area contributed by atoms with Crippen LogP contribution in [0.25, 0.3) is 10.9 Å². The van der Waals surface area contributed by atoms with Gasteiger partial charge in [-0.1, -0.05) is 0 Å². The summed E-state index contributed by atoms with van der Waals surface area (Å²) in [6.07, 6.45) is 3.25. The first-order valence-corrected chi connectivity index (χ1v) is 6.36. The summed E-state index contributed by atoms with van der Waals surface area (Å²) >= 11 is 0. The van der Waals surface area contributed by atoms with Crippen LogP contribution in [-0.4, -0.2) is 31.8 Å². The number of nitrogens with one attached hydrogen (secondary N) is 2. The Balaban J connectivity index is 1.96. The van der Waals surface area contributed by atoms with E-state index in [2.05, 4.69) is 16.4 Å². The normalized spacial score (nSPS) is 20.8. The molecular weight excluding hydrogens is 228 g/mol. The van der Waals surface area contributed by atoms with Crippen LogP contribution in [0, 0.1) is 0 Å². The Morgan fingerprint density at radius 2 is 2.33 bits per heavy atom. The number of aromatic nitrogens is 1. The van der Waals surface area contributed by atoms with Gasteiger partial charge in [0.25, 0.3) is 0 Å². The Hall–Kier alpha value is -1.52. The van der Waals surface area contributed by atoms with Crippen LogP contribution in [0.2, 0.25) is 0 Å². The highest BCUT2D eigenvalue weighted by molar-refractivity contribution is 5.84. The lowest BCUT2D eigenvalue weighted by Crippen LogP contribution is -2.19. The van der Waals surface area contributed by atoms with Crippen molar-refractivity contribution < 1.29 is 9.47 Å². The van der Waals surface area contributed by atoms with Gasteiger partial charge in [0.2, 0.25) is 0 Å². The van der Waals surface area contributed by atoms with E-state index in [0.717, 1.165) is 37.4 Å². The van der Waals surface area contributed by atoms with Crippen molar-refractivity contribution in [2.45, 2.75) is 12.5 Å². The van der Waals surface area contributed by atoms with Gasteiger partial charge in [-0.3, -0.25) is 0 Å². The van der Waals surface area contributed by atoms with E-state index in [4.69, 9.17) is 9.47 Å². The van der Waals surface area contributed by atoms with Gasteiger partial charge in [0.05, 0.1) is 13.2 Å². The van der Waals surface area contributed by atoms with Crippen molar-refractivity contribution in [3.05, 3.63) is 30.0 Å². The zero-order valence-electron chi connectivity index (χ0n) is 10.5. The Morgan fingerprint density at radius 3 is 3.22 bits per heavy atom. The van der Waals surface area contributed by atoms with E-state index in [9.17, 15) is 0 Å². The summed E-state index contributed by atoms with van der Waals surface area (Å²) < 4.78 is 11.1. The van der Waals surface area contributed by atoms with Crippen LogP contribution in [0.5, 0.6) is 5.75 Å². The van der Waals surface area contributed by atoms with Gasteiger partial charge in [0.15, 0.2) is 0 Å². The van der Waals surface area contributed by atoms with Crippen molar-refractivity contribution in [1.82, 2.24) is 10.3 Å². The van der Waals surface area contributed by atoms with E-state index in [-0.39, 0.29) is 6.10 Å². The average molecular weight is 246 g/mol. The monoisotopic (exact) mass is 246 g/mol. The number of hydrogen-bond donors (Lipinski definition) is 2. The number of rotatable bonds is 2. The minimum absolute atomic E-state index is 0.134. The van der Waals surface area contributed by atoms with Gasteiger partial charge < -0.3 is 19.8 Å². The van der Waals surface area contributed by atoms with Gasteiger partial charge >= 0.3 is 0 Å². The molecule has 1 aromatic heterocycles. The van der Waals surface area contributed by atoms with Crippen LogP contribution in [0.4, 0.5) is 0 Å². The quantitative estimate of drug-likeness (QED) is 0.854. The number of fused-ring (bicyclic) bond motifs is 1. The van der Waals surface area contributed by atoms with Gasteiger partial charge in [-0.15, -0.1) is 0 Å². The first-order chi connectivity index (χ1) is 8.88. The molecule has 2 N–H and O–H groups in total. The van der Waals surface area contributed by atoms with Gasteiger partial charge in [0.1, 0.15) is 5.75 Å². The number of benzene rings is 1. The van der Waals surface area contributed by atoms with Crippen LogP contribution < -0.4 is 10.1 Å². The zero-order chi connectivity index (χ0) is 12.4. The maximum Gasteiger partial charge on any atom is 0.120 e. The number of aromatic amines is 1. The summed E-state index contributed by atoms with van der Waals surface area (Å²) in [5, 5.41) is 4.62. The van der Waals surface area contributed by atoms with Crippen LogP contribution in [0.1, 0.15) is 18.1 Å². The minimum Gasteiger partial charge on any atom is -0.497 e. The topological polar surface area (TPSA) is 46.3 Å². The third-order valence-corrected chi connectivity index (χ3v) is 3.41. The van der Waals surface area contributed by atoms with Gasteiger partial charge in [-0.2, -0.15) is 0 Å². The molecule has 1 aliphatic rings. The first kappa shape index (κ1) is 11.6. The highest BCUT2D eigenvalue weighted by atomic mass is 16.5. The van der Waals surface area contributed by atoms with Gasteiger partial charge in [0, 0.05) is 41.9 Å². The lowest BCUT2D eigenvalue weighted by atomic mass is 10.1. The van der Waals surface area contributed by atoms with Crippen LogP contribution in [0.15, 0.2) is 24.4 Å². The van der Waals surface area contributed by atoms with Crippen LogP contribution in [-0.2, 0) is 4.74 Å². The molecule has 1 atom stereocenters. The molecular formula is C14H18N2O2. The molecule has 4 nitrogen and oxygen atoms in total. The number of methoxy groups -OCH3 is 1. The van der Waals surface area contributed by atoms with Gasteiger partial charge in [-0.25, -0.2) is 0 Å². The Morgan fingerprint density at radius 1 is 1.39 bits per heavy atom. The molecule has 0 amide bonds. The van der Waals surface area contributed by atoms with E-state index < -0.39 is 0 Å². The SMILES string of the molecule is COc1ccc2c(C3CNCCCO3)c[nH]c2c1. The van der Waals surface area contributed by atoms with Crippen molar-refractivity contribution in [1.29, 1.82) is 0 Å². The fourth-order valence-corrected chi connectivity index (χ4v) is 2.44. The van der Waals surface area contributed by atoms with Crippen molar-refractivity contribution >= 4 is 10.9 Å². The number of H-pyrrole nitrogens is 1. The maximum absolute atomic E-state index is 5.90. The zero-order valence-corrected chi connectivity index (χ0v) is 10.5. The number of ether oxygens (including phenoxy) is 2. The molecule has 0 aliphatic carbocycles. The molecule has 1 unspecified atom stereocenters. The molecule has 18 heavy (non-hydrogen) atoms. The predicted octanol–water partition coefficient (Wildman–Crippen LogP) is 2.23. The van der Waals surface area contributed by atoms with Crippen molar-refractivity contribution in [3.63, 3.8) is 0 Å². The molecule has 0 saturated carbocycles. The number of hydrogen-bond acceptors (Lipinski definition) is 3. The Labute approximate surface area is 106 Å². The second-order valence-electron chi connectivity index (χ2n) is 4.57. The van der Waals surface area contributed by atoms with Crippen molar-refractivity contribution in [2.24, 2.45) is 0 Å². The van der Waals surface area contributed by atoms with Crippen LogP contribution >= 0.6 is 0 Å². The summed E-state index contributed by atoms with van der Waals surface area (Å²) in [6.45, 7) is 2.73. The molecule has 2 aromatic rings. The highest BCUT2D eigenvalue weighted by Gasteiger charge is 2.18. The van der Waals surface area contributed by atoms with Crippen molar-refractivity contribution in [3.8, 4) is 5.75 Å². The summed E-state index contributed by atoms with van der Waals surface area (Å²) in [6, 6.07) is 6.10. The molecule has 2 heterocycles. The molecule has 1 aliphatic heterocycles. The van der Waals surface area contributed by atoms with E-state index in [1.807, 2.05) is 18.3 Å². The Kier molecular flexibility index (Phi) is 3.21. The smallest absolute Gasteiger partial charge is 0.120 e. The first-order valence-electron chi connectivity index (χ1n) is 6.36. The fraction of sp³-hybridized carbons (Fsp3) is 0.429. The second kappa shape index (κ2) is 5.00. The van der Waals surface area contributed by atoms with Crippen LogP contribution in [0.3, 0.4) is 0 Å². The molecule has 4 heteroatoms. The van der Waals surface area contributed by atoms with Gasteiger partial charge in [-0.05, 0) is 25.1 Å². The molecule has 0 spiro atoms. The lowest BCUT2D eigenvalue weighted by molar-refractivity contribution is 0.0679. The van der Waals surface area contributed by atoms with Crippen molar-refractivity contribution in [2.75, 3.05) is 26.8 Å². The molecule has 0 bridgehead atoms.